The Labute approximate surface area is 128 Å². The molecular formula is C16H18F2N4. The predicted octanol–water partition coefficient (Wildman–Crippen LogP) is 4.16. The van der Waals surface area contributed by atoms with E-state index >= 15 is 0 Å². The lowest BCUT2D eigenvalue weighted by Crippen LogP contribution is -2.16. The number of aromatic nitrogens is 2. The van der Waals surface area contributed by atoms with Gasteiger partial charge in [-0.1, -0.05) is 18.9 Å². The molecule has 3 rings (SSSR count). The Bertz CT molecular complexity index is 649. The summed E-state index contributed by atoms with van der Waals surface area (Å²) in [4.78, 5) is 8.50. The summed E-state index contributed by atoms with van der Waals surface area (Å²) >= 11 is 0. The van der Waals surface area contributed by atoms with Crippen molar-refractivity contribution in [3.05, 3.63) is 41.6 Å². The molecule has 1 aliphatic carbocycles. The highest BCUT2D eigenvalue weighted by Crippen LogP contribution is 2.24. The number of para-hydroxylation sites is 1. The van der Waals surface area contributed by atoms with Crippen LogP contribution in [0.15, 0.2) is 24.3 Å². The van der Waals surface area contributed by atoms with Crippen molar-refractivity contribution in [2.75, 3.05) is 10.6 Å². The van der Waals surface area contributed by atoms with E-state index in [-0.39, 0.29) is 11.6 Å². The van der Waals surface area contributed by atoms with E-state index in [1.54, 1.807) is 0 Å². The molecule has 2 aromatic rings. The monoisotopic (exact) mass is 304 g/mol. The Kier molecular flexibility index (Phi) is 4.18. The van der Waals surface area contributed by atoms with Crippen LogP contribution in [0.2, 0.25) is 0 Å². The normalized spacial score (nSPS) is 15.0. The number of nitrogens with zero attached hydrogens (tertiary/aromatic N) is 2. The lowest BCUT2D eigenvalue weighted by Gasteiger charge is -2.14. The molecule has 0 unspecified atom stereocenters. The van der Waals surface area contributed by atoms with Crippen LogP contribution in [-0.2, 0) is 0 Å². The Hall–Kier alpha value is -2.24. The maximum Gasteiger partial charge on any atom is 0.229 e. The lowest BCUT2D eigenvalue weighted by atomic mass is 10.2. The highest BCUT2D eigenvalue weighted by molar-refractivity contribution is 5.56. The smallest absolute Gasteiger partial charge is 0.229 e. The molecule has 4 nitrogen and oxygen atoms in total. The largest absolute Gasteiger partial charge is 0.367 e. The van der Waals surface area contributed by atoms with Crippen LogP contribution in [0.25, 0.3) is 0 Å². The van der Waals surface area contributed by atoms with Crippen LogP contribution in [0.4, 0.5) is 26.2 Å². The van der Waals surface area contributed by atoms with Gasteiger partial charge in [-0.05, 0) is 31.9 Å². The van der Waals surface area contributed by atoms with Crippen LogP contribution in [-0.4, -0.2) is 16.0 Å². The van der Waals surface area contributed by atoms with Gasteiger partial charge in [-0.25, -0.2) is 13.8 Å². The van der Waals surface area contributed by atoms with Crippen molar-refractivity contribution in [1.82, 2.24) is 9.97 Å². The van der Waals surface area contributed by atoms with E-state index in [4.69, 9.17) is 0 Å². The lowest BCUT2D eigenvalue weighted by molar-refractivity contribution is 0.590. The second kappa shape index (κ2) is 6.25. The van der Waals surface area contributed by atoms with Gasteiger partial charge < -0.3 is 10.6 Å². The van der Waals surface area contributed by atoms with Crippen LogP contribution in [0.5, 0.6) is 0 Å². The first kappa shape index (κ1) is 14.7. The fraction of sp³-hybridized carbons (Fsp3) is 0.375. The van der Waals surface area contributed by atoms with E-state index in [1.807, 2.05) is 13.0 Å². The molecule has 0 amide bonds. The van der Waals surface area contributed by atoms with Gasteiger partial charge in [0.25, 0.3) is 0 Å². The van der Waals surface area contributed by atoms with Gasteiger partial charge in [0.1, 0.15) is 23.1 Å². The van der Waals surface area contributed by atoms with Crippen molar-refractivity contribution in [3.63, 3.8) is 0 Å². The maximum absolute atomic E-state index is 13.7. The second-order valence-corrected chi connectivity index (χ2v) is 5.57. The van der Waals surface area contributed by atoms with Gasteiger partial charge in [-0.3, -0.25) is 0 Å². The third-order valence-corrected chi connectivity index (χ3v) is 3.76. The summed E-state index contributed by atoms with van der Waals surface area (Å²) in [5, 5.41) is 5.99. The Morgan fingerprint density at radius 2 is 1.77 bits per heavy atom. The number of aryl methyl sites for hydroxylation is 1. The summed E-state index contributed by atoms with van der Waals surface area (Å²) in [5.41, 5.74) is 0.495. The van der Waals surface area contributed by atoms with E-state index < -0.39 is 11.6 Å². The predicted molar refractivity (Wildman–Crippen MR) is 82.3 cm³/mol. The van der Waals surface area contributed by atoms with Crippen molar-refractivity contribution in [2.24, 2.45) is 0 Å². The molecule has 22 heavy (non-hydrogen) atoms. The number of nitrogens with one attached hydrogen (secondary N) is 2. The minimum Gasteiger partial charge on any atom is -0.367 e. The molecule has 2 N–H and O–H groups in total. The highest BCUT2D eigenvalue weighted by Gasteiger charge is 2.16. The maximum atomic E-state index is 13.7. The average molecular weight is 304 g/mol. The SMILES string of the molecule is Cc1cc(NC2CCCC2)nc(Nc2c(F)cccc2F)n1. The fourth-order valence-corrected chi connectivity index (χ4v) is 2.71. The molecule has 0 spiro atoms. The first-order valence-electron chi connectivity index (χ1n) is 7.45. The molecule has 0 atom stereocenters. The number of anilines is 3. The standard InChI is InChI=1S/C16H18F2N4/c1-10-9-14(20-11-5-2-3-6-11)21-16(19-10)22-15-12(17)7-4-8-13(15)18/h4,7-9,11H,2-3,5-6H2,1H3,(H2,19,20,21,22). The Balaban J connectivity index is 1.82. The van der Waals surface area contributed by atoms with Gasteiger partial charge in [-0.2, -0.15) is 4.98 Å². The number of rotatable bonds is 4. The third kappa shape index (κ3) is 3.32. The second-order valence-electron chi connectivity index (χ2n) is 5.57. The van der Waals surface area contributed by atoms with Gasteiger partial charge in [-0.15, -0.1) is 0 Å². The summed E-state index contributed by atoms with van der Waals surface area (Å²) in [7, 11) is 0. The molecule has 0 aliphatic heterocycles. The zero-order valence-electron chi connectivity index (χ0n) is 12.4. The minimum absolute atomic E-state index is 0.185. The van der Waals surface area contributed by atoms with Crippen molar-refractivity contribution in [2.45, 2.75) is 38.6 Å². The summed E-state index contributed by atoms with van der Waals surface area (Å²) < 4.78 is 27.4. The molecule has 0 saturated heterocycles. The first-order valence-corrected chi connectivity index (χ1v) is 7.45. The summed E-state index contributed by atoms with van der Waals surface area (Å²) in [6.45, 7) is 1.82. The average Bonchev–Trinajstić information content (AvgIpc) is 2.95. The quantitative estimate of drug-likeness (QED) is 0.890. The zero-order chi connectivity index (χ0) is 15.5. The van der Waals surface area contributed by atoms with Crippen molar-refractivity contribution in [3.8, 4) is 0 Å². The number of halogens is 2. The Morgan fingerprint density at radius 1 is 1.09 bits per heavy atom. The zero-order valence-corrected chi connectivity index (χ0v) is 12.4. The van der Waals surface area contributed by atoms with Crippen LogP contribution in [0.1, 0.15) is 31.4 Å². The molecule has 0 radical (unpaired) electrons. The van der Waals surface area contributed by atoms with E-state index in [1.165, 1.54) is 31.0 Å². The molecule has 1 aromatic heterocycles. The summed E-state index contributed by atoms with van der Waals surface area (Å²) in [6.07, 6.45) is 4.67. The van der Waals surface area contributed by atoms with E-state index in [2.05, 4.69) is 20.6 Å². The van der Waals surface area contributed by atoms with E-state index in [9.17, 15) is 8.78 Å². The van der Waals surface area contributed by atoms with Crippen molar-refractivity contribution < 1.29 is 8.78 Å². The molecular weight excluding hydrogens is 286 g/mol. The highest BCUT2D eigenvalue weighted by atomic mass is 19.1. The number of benzene rings is 1. The van der Waals surface area contributed by atoms with Crippen molar-refractivity contribution >= 4 is 17.5 Å². The topological polar surface area (TPSA) is 49.8 Å². The van der Waals surface area contributed by atoms with Crippen LogP contribution in [0.3, 0.4) is 0 Å². The Morgan fingerprint density at radius 3 is 2.45 bits per heavy atom. The van der Waals surface area contributed by atoms with Crippen LogP contribution >= 0.6 is 0 Å². The molecule has 1 fully saturated rings. The summed E-state index contributed by atoms with van der Waals surface area (Å²) in [5.74, 6) is -0.478. The van der Waals surface area contributed by atoms with Gasteiger partial charge >= 0.3 is 0 Å². The molecule has 0 bridgehead atoms. The van der Waals surface area contributed by atoms with Crippen molar-refractivity contribution in [1.29, 1.82) is 0 Å². The van der Waals surface area contributed by atoms with E-state index in [0.29, 0.717) is 11.9 Å². The molecule has 116 valence electrons. The first-order chi connectivity index (χ1) is 10.6. The van der Waals surface area contributed by atoms with Crippen LogP contribution < -0.4 is 10.6 Å². The van der Waals surface area contributed by atoms with Gasteiger partial charge in [0.2, 0.25) is 5.95 Å². The van der Waals surface area contributed by atoms with Gasteiger partial charge in [0.05, 0.1) is 0 Å². The fourth-order valence-electron chi connectivity index (χ4n) is 2.71. The molecule has 1 saturated carbocycles. The molecule has 1 aliphatic rings. The van der Waals surface area contributed by atoms with E-state index in [0.717, 1.165) is 18.5 Å². The van der Waals surface area contributed by atoms with Crippen LogP contribution in [0, 0.1) is 18.6 Å². The number of hydrogen-bond donors (Lipinski definition) is 2. The number of hydrogen-bond acceptors (Lipinski definition) is 4. The van der Waals surface area contributed by atoms with Gasteiger partial charge in [0.15, 0.2) is 0 Å². The molecule has 1 heterocycles. The molecule has 6 heteroatoms. The minimum atomic E-state index is -0.671. The van der Waals surface area contributed by atoms with Gasteiger partial charge in [0, 0.05) is 17.8 Å². The third-order valence-electron chi connectivity index (χ3n) is 3.76. The summed E-state index contributed by atoms with van der Waals surface area (Å²) in [6, 6.07) is 5.95. The molecule has 1 aromatic carbocycles.